The molecule has 65 heavy (non-hydrogen) atoms. The maximum absolute atomic E-state index is 13.1. The summed E-state index contributed by atoms with van der Waals surface area (Å²) in [5.74, 6) is -0.338. The summed E-state index contributed by atoms with van der Waals surface area (Å²) in [5, 5.41) is 86.5. The van der Waals surface area contributed by atoms with Crippen LogP contribution in [0.15, 0.2) is 85.1 Å². The van der Waals surface area contributed by atoms with Gasteiger partial charge < -0.3 is 65.1 Å². The van der Waals surface area contributed by atoms with E-state index in [2.05, 4.69) is 79.9 Å². The van der Waals surface area contributed by atoms with Crippen LogP contribution < -0.4 is 5.32 Å². The molecule has 0 bridgehead atoms. The zero-order valence-corrected chi connectivity index (χ0v) is 39.2. The topological polar surface area (TPSA) is 228 Å². The van der Waals surface area contributed by atoms with Crippen molar-refractivity contribution in [1.82, 2.24) is 5.32 Å². The molecule has 0 saturated carbocycles. The van der Waals surface area contributed by atoms with Gasteiger partial charge in [0.15, 0.2) is 12.6 Å². The Morgan fingerprint density at radius 1 is 0.569 bits per heavy atom. The quantitative estimate of drug-likeness (QED) is 0.0270. The molecule has 0 aliphatic carbocycles. The molecule has 372 valence electrons. The van der Waals surface area contributed by atoms with Gasteiger partial charge in [-0.3, -0.25) is 4.79 Å². The number of aliphatic hydroxyl groups excluding tert-OH is 8. The Kier molecular flexibility index (Phi) is 33.4. The second kappa shape index (κ2) is 37.2. The summed E-state index contributed by atoms with van der Waals surface area (Å²) in [6.45, 7) is 2.55. The molecule has 0 aromatic heterocycles. The number of rotatable bonds is 35. The van der Waals surface area contributed by atoms with Crippen LogP contribution in [0.1, 0.15) is 136 Å². The normalized spacial score (nSPS) is 27.8. The Morgan fingerprint density at radius 3 is 1.68 bits per heavy atom. The summed E-state index contributed by atoms with van der Waals surface area (Å²) in [6, 6.07) is -0.979. The minimum atomic E-state index is -1.80. The number of hydrogen-bond donors (Lipinski definition) is 9. The van der Waals surface area contributed by atoms with E-state index in [0.717, 1.165) is 51.4 Å². The van der Waals surface area contributed by atoms with Crippen LogP contribution >= 0.6 is 0 Å². The van der Waals surface area contributed by atoms with Crippen LogP contribution in [0.3, 0.4) is 0 Å². The standard InChI is InChI=1S/C51H85NO13/c1-3-5-7-9-11-13-15-17-18-19-20-21-23-24-26-28-30-32-34-40(55)39(52-43(56)35-33-31-29-27-25-22-16-14-12-10-8-6-4-2)38-62-50-48(61)46(59)49(42(37-54)64-50)65-51-47(60)45(58)44(57)41(36-53)63-51/h6,8,12,14,19-20,22,24-26,29,31-32,34,39-42,44-51,53-55,57-61H,3-5,7,9-11,13,15-18,21,23,27-28,30,33,35-38H2,1-2H3,(H,52,56)/b8-6-,14-12-,20-19+,25-22-,26-24+,31-29-,34-32+. The maximum atomic E-state index is 13.1. The van der Waals surface area contributed by atoms with E-state index in [-0.39, 0.29) is 18.9 Å². The zero-order valence-electron chi connectivity index (χ0n) is 39.2. The Labute approximate surface area is 389 Å². The predicted octanol–water partition coefficient (Wildman–Crippen LogP) is 5.82. The largest absolute Gasteiger partial charge is 0.394 e. The molecular weight excluding hydrogens is 835 g/mol. The predicted molar refractivity (Wildman–Crippen MR) is 253 cm³/mol. The minimum Gasteiger partial charge on any atom is -0.394 e. The highest BCUT2D eigenvalue weighted by molar-refractivity contribution is 5.76. The van der Waals surface area contributed by atoms with E-state index in [1.165, 1.54) is 51.4 Å². The summed E-state index contributed by atoms with van der Waals surface area (Å²) in [4.78, 5) is 13.1. The van der Waals surface area contributed by atoms with Crippen molar-refractivity contribution >= 4 is 5.91 Å². The first kappa shape index (κ1) is 58.3. The molecule has 2 aliphatic heterocycles. The Bertz CT molecular complexity index is 1410. The van der Waals surface area contributed by atoms with Crippen LogP contribution in [0.25, 0.3) is 0 Å². The van der Waals surface area contributed by atoms with Gasteiger partial charge in [-0.1, -0.05) is 144 Å². The van der Waals surface area contributed by atoms with Crippen molar-refractivity contribution in [3.05, 3.63) is 85.1 Å². The molecule has 9 N–H and O–H groups in total. The fourth-order valence-electron chi connectivity index (χ4n) is 7.33. The first-order valence-electron chi connectivity index (χ1n) is 24.3. The van der Waals surface area contributed by atoms with Gasteiger partial charge in [0.25, 0.3) is 0 Å². The summed E-state index contributed by atoms with van der Waals surface area (Å²) >= 11 is 0. The first-order chi connectivity index (χ1) is 31.6. The molecule has 2 saturated heterocycles. The second-order valence-electron chi connectivity index (χ2n) is 16.8. The maximum Gasteiger partial charge on any atom is 0.220 e. The highest BCUT2D eigenvalue weighted by Crippen LogP contribution is 2.30. The van der Waals surface area contributed by atoms with E-state index in [1.807, 2.05) is 18.2 Å². The van der Waals surface area contributed by atoms with E-state index in [9.17, 15) is 45.6 Å². The molecule has 2 heterocycles. The van der Waals surface area contributed by atoms with Gasteiger partial charge >= 0.3 is 0 Å². The van der Waals surface area contributed by atoms with Gasteiger partial charge in [-0.25, -0.2) is 0 Å². The van der Waals surface area contributed by atoms with Crippen LogP contribution in [-0.4, -0.2) is 140 Å². The molecule has 14 heteroatoms. The smallest absolute Gasteiger partial charge is 0.220 e. The molecule has 0 aromatic carbocycles. The van der Waals surface area contributed by atoms with Crippen molar-refractivity contribution in [2.45, 2.75) is 209 Å². The van der Waals surface area contributed by atoms with Gasteiger partial charge in [0.1, 0.15) is 48.8 Å². The van der Waals surface area contributed by atoms with Gasteiger partial charge in [-0.2, -0.15) is 0 Å². The van der Waals surface area contributed by atoms with Crippen LogP contribution in [0.2, 0.25) is 0 Å². The monoisotopic (exact) mass is 920 g/mol. The molecular formula is C51H85NO13. The van der Waals surface area contributed by atoms with Crippen molar-refractivity contribution in [2.75, 3.05) is 19.8 Å². The van der Waals surface area contributed by atoms with Crippen molar-refractivity contribution in [3.63, 3.8) is 0 Å². The van der Waals surface area contributed by atoms with Crippen LogP contribution in [0.5, 0.6) is 0 Å². The Balaban J connectivity index is 1.93. The lowest BCUT2D eigenvalue weighted by molar-refractivity contribution is -0.359. The molecule has 0 aromatic rings. The van der Waals surface area contributed by atoms with Crippen molar-refractivity contribution in [1.29, 1.82) is 0 Å². The van der Waals surface area contributed by atoms with Crippen LogP contribution in [-0.2, 0) is 23.7 Å². The third kappa shape index (κ3) is 24.7. The molecule has 1 amide bonds. The first-order valence-corrected chi connectivity index (χ1v) is 24.3. The van der Waals surface area contributed by atoms with Gasteiger partial charge in [0.2, 0.25) is 5.91 Å². The summed E-state index contributed by atoms with van der Waals surface area (Å²) in [6.07, 6.45) is 30.8. The Hall–Kier alpha value is -2.83. The van der Waals surface area contributed by atoms with Gasteiger partial charge in [-0.15, -0.1) is 0 Å². The molecule has 12 unspecified atom stereocenters. The number of allylic oxidation sites excluding steroid dienone is 13. The van der Waals surface area contributed by atoms with Crippen molar-refractivity contribution in [2.24, 2.45) is 0 Å². The molecule has 2 aliphatic rings. The number of carbonyl (C=O) groups excluding carboxylic acids is 1. The lowest BCUT2D eigenvalue weighted by Gasteiger charge is -2.46. The van der Waals surface area contributed by atoms with Crippen molar-refractivity contribution in [3.8, 4) is 0 Å². The van der Waals surface area contributed by atoms with Gasteiger partial charge in [0, 0.05) is 6.42 Å². The minimum absolute atomic E-state index is 0.144. The molecule has 0 radical (unpaired) electrons. The average Bonchev–Trinajstić information content (AvgIpc) is 3.30. The highest BCUT2D eigenvalue weighted by atomic mass is 16.7. The van der Waals surface area contributed by atoms with E-state index >= 15 is 0 Å². The summed E-state index contributed by atoms with van der Waals surface area (Å²) in [5.41, 5.74) is 0. The Morgan fingerprint density at radius 2 is 1.08 bits per heavy atom. The third-order valence-corrected chi connectivity index (χ3v) is 11.3. The molecule has 2 rings (SSSR count). The molecule has 2 fully saturated rings. The van der Waals surface area contributed by atoms with E-state index in [4.69, 9.17) is 18.9 Å². The number of amides is 1. The summed E-state index contributed by atoms with van der Waals surface area (Å²) < 4.78 is 22.6. The third-order valence-electron chi connectivity index (χ3n) is 11.3. The number of nitrogens with one attached hydrogen (secondary N) is 1. The summed E-state index contributed by atoms with van der Waals surface area (Å²) in [7, 11) is 0. The highest BCUT2D eigenvalue weighted by Gasteiger charge is 2.51. The zero-order chi connectivity index (χ0) is 47.5. The van der Waals surface area contributed by atoms with Crippen LogP contribution in [0.4, 0.5) is 0 Å². The number of unbranched alkanes of at least 4 members (excludes halogenated alkanes) is 10. The van der Waals surface area contributed by atoms with Gasteiger partial charge in [0.05, 0.1) is 32.0 Å². The van der Waals surface area contributed by atoms with E-state index in [1.54, 1.807) is 6.08 Å². The molecule has 12 atom stereocenters. The fraction of sp³-hybridized carbons (Fsp3) is 0.706. The lowest BCUT2D eigenvalue weighted by Crippen LogP contribution is -2.65. The van der Waals surface area contributed by atoms with Crippen LogP contribution in [0, 0.1) is 0 Å². The second-order valence-corrected chi connectivity index (χ2v) is 16.8. The number of hydrogen-bond acceptors (Lipinski definition) is 13. The average molecular weight is 920 g/mol. The SMILES string of the molecule is CC/C=C\C/C=C\C/C=C\C/C=C\CCC(=O)NC(COC1OC(CO)C(OC2OC(CO)C(O)C(O)C2O)C(O)C1O)C(O)/C=C/CC/C=C/CC/C=C/CCCCCCCCCC. The lowest BCUT2D eigenvalue weighted by atomic mass is 9.97. The molecule has 0 spiro atoms. The number of aliphatic hydroxyl groups is 8. The van der Waals surface area contributed by atoms with E-state index in [0.29, 0.717) is 12.8 Å². The number of carbonyl (C=O) groups is 1. The van der Waals surface area contributed by atoms with Crippen molar-refractivity contribution < 1.29 is 64.6 Å². The van der Waals surface area contributed by atoms with Gasteiger partial charge in [-0.05, 0) is 70.6 Å². The molecule has 14 nitrogen and oxygen atoms in total. The number of ether oxygens (including phenoxy) is 4. The fourth-order valence-corrected chi connectivity index (χ4v) is 7.33. The van der Waals surface area contributed by atoms with E-state index < -0.39 is 86.8 Å².